The van der Waals surface area contributed by atoms with E-state index in [2.05, 4.69) is 9.97 Å². The minimum Gasteiger partial charge on any atom is -0.311 e. The number of hydrogen-bond acceptors (Lipinski definition) is 7. The molecule has 10 heteroatoms. The Morgan fingerprint density at radius 2 is 2.04 bits per heavy atom. The predicted octanol–water partition coefficient (Wildman–Crippen LogP) is 1.45. The normalized spacial score (nSPS) is 14.1. The van der Waals surface area contributed by atoms with Gasteiger partial charge in [-0.05, 0) is 19.4 Å². The Hall–Kier alpha value is -3.14. The van der Waals surface area contributed by atoms with Crippen molar-refractivity contribution in [2.75, 3.05) is 6.54 Å². The lowest BCUT2D eigenvalue weighted by Gasteiger charge is -2.27. The van der Waals surface area contributed by atoms with Gasteiger partial charge in [0, 0.05) is 36.8 Å². The summed E-state index contributed by atoms with van der Waals surface area (Å²) in [6, 6.07) is 3.63. The van der Waals surface area contributed by atoms with Crippen LogP contribution >= 0.6 is 0 Å². The maximum Gasteiger partial charge on any atom is 0.280 e. The zero-order valence-electron chi connectivity index (χ0n) is 13.4. The van der Waals surface area contributed by atoms with Gasteiger partial charge in [0.05, 0.1) is 21.6 Å². The topological polar surface area (TPSA) is 135 Å². The SMILES string of the molecule is Cc1nc2c(c(=O)[nH]1)CCN(Cc1ccc([N+](=O)[O-])cc1[N+](=O)[O-])C2. The second-order valence-electron chi connectivity index (χ2n) is 5.86. The second-order valence-corrected chi connectivity index (χ2v) is 5.86. The highest BCUT2D eigenvalue weighted by atomic mass is 16.6. The molecule has 130 valence electrons. The van der Waals surface area contributed by atoms with E-state index in [9.17, 15) is 25.0 Å². The number of nitrogens with one attached hydrogen (secondary N) is 1. The molecule has 3 rings (SSSR count). The van der Waals surface area contributed by atoms with Gasteiger partial charge in [0.25, 0.3) is 16.9 Å². The molecule has 0 fully saturated rings. The molecule has 2 heterocycles. The van der Waals surface area contributed by atoms with Gasteiger partial charge in [-0.1, -0.05) is 0 Å². The standard InChI is InChI=1S/C15H15N5O5/c1-9-16-13-8-18(5-4-12(13)15(21)17-9)7-10-2-3-11(19(22)23)6-14(10)20(24)25/h2-3,6H,4-5,7-8H2,1H3,(H,16,17,21). The van der Waals surface area contributed by atoms with Crippen molar-refractivity contribution in [1.82, 2.24) is 14.9 Å². The lowest BCUT2D eigenvalue weighted by atomic mass is 10.0. The summed E-state index contributed by atoms with van der Waals surface area (Å²) in [7, 11) is 0. The van der Waals surface area contributed by atoms with E-state index in [1.54, 1.807) is 6.92 Å². The summed E-state index contributed by atoms with van der Waals surface area (Å²) in [5, 5.41) is 22.0. The maximum absolute atomic E-state index is 11.9. The Bertz CT molecular complexity index is 923. The number of hydrogen-bond donors (Lipinski definition) is 1. The Kier molecular flexibility index (Phi) is 4.28. The zero-order chi connectivity index (χ0) is 18.1. The van der Waals surface area contributed by atoms with E-state index in [4.69, 9.17) is 0 Å². The summed E-state index contributed by atoms with van der Waals surface area (Å²) in [6.07, 6.45) is 0.499. The first-order valence-electron chi connectivity index (χ1n) is 7.58. The molecule has 0 saturated heterocycles. The van der Waals surface area contributed by atoms with Gasteiger partial charge in [-0.3, -0.25) is 29.9 Å². The minimum atomic E-state index is -0.660. The van der Waals surface area contributed by atoms with Crippen LogP contribution in [0.5, 0.6) is 0 Å². The van der Waals surface area contributed by atoms with Crippen LogP contribution in [0.25, 0.3) is 0 Å². The Balaban J connectivity index is 1.87. The van der Waals surface area contributed by atoms with Crippen molar-refractivity contribution < 1.29 is 9.85 Å². The quantitative estimate of drug-likeness (QED) is 0.654. The van der Waals surface area contributed by atoms with Gasteiger partial charge >= 0.3 is 0 Å². The highest BCUT2D eigenvalue weighted by Crippen LogP contribution is 2.27. The summed E-state index contributed by atoms with van der Waals surface area (Å²) in [5.74, 6) is 0.520. The number of rotatable bonds is 4. The molecule has 25 heavy (non-hydrogen) atoms. The van der Waals surface area contributed by atoms with E-state index >= 15 is 0 Å². The van der Waals surface area contributed by atoms with Gasteiger partial charge in [-0.2, -0.15) is 0 Å². The van der Waals surface area contributed by atoms with Crippen molar-refractivity contribution >= 4 is 11.4 Å². The van der Waals surface area contributed by atoms with E-state index in [-0.39, 0.29) is 23.5 Å². The van der Waals surface area contributed by atoms with Crippen LogP contribution in [0.2, 0.25) is 0 Å². The molecule has 0 radical (unpaired) electrons. The maximum atomic E-state index is 11.9. The van der Waals surface area contributed by atoms with Crippen molar-refractivity contribution in [3.63, 3.8) is 0 Å². The highest BCUT2D eigenvalue weighted by Gasteiger charge is 2.25. The summed E-state index contributed by atoms with van der Waals surface area (Å²) >= 11 is 0. The molecular formula is C15H15N5O5. The van der Waals surface area contributed by atoms with Gasteiger partial charge in [-0.15, -0.1) is 0 Å². The predicted molar refractivity (Wildman–Crippen MR) is 87.2 cm³/mol. The Morgan fingerprint density at radius 1 is 1.28 bits per heavy atom. The van der Waals surface area contributed by atoms with Crippen molar-refractivity contribution in [2.45, 2.75) is 26.4 Å². The van der Waals surface area contributed by atoms with Gasteiger partial charge < -0.3 is 4.98 Å². The highest BCUT2D eigenvalue weighted by molar-refractivity contribution is 5.49. The van der Waals surface area contributed by atoms with Gasteiger partial charge in [-0.25, -0.2) is 4.98 Å². The van der Waals surface area contributed by atoms with Crippen LogP contribution in [-0.2, 0) is 19.5 Å². The monoisotopic (exact) mass is 345 g/mol. The minimum absolute atomic E-state index is 0.150. The summed E-state index contributed by atoms with van der Waals surface area (Å²) in [4.78, 5) is 41.6. The fourth-order valence-corrected chi connectivity index (χ4v) is 2.96. The number of non-ortho nitro benzene ring substituents is 1. The smallest absolute Gasteiger partial charge is 0.280 e. The molecule has 0 saturated carbocycles. The number of aromatic amines is 1. The van der Waals surface area contributed by atoms with Crippen molar-refractivity contribution in [3.05, 3.63) is 71.4 Å². The van der Waals surface area contributed by atoms with Gasteiger partial charge in [0.1, 0.15) is 5.82 Å². The molecule has 1 aliphatic rings. The molecule has 1 aromatic carbocycles. The molecule has 2 aromatic rings. The number of aryl methyl sites for hydroxylation is 1. The first-order valence-corrected chi connectivity index (χ1v) is 7.58. The van der Waals surface area contributed by atoms with Crippen LogP contribution in [0.15, 0.2) is 23.0 Å². The number of nitrogens with zero attached hydrogens (tertiary/aromatic N) is 4. The molecule has 0 amide bonds. The van der Waals surface area contributed by atoms with Crippen molar-refractivity contribution in [3.8, 4) is 0 Å². The van der Waals surface area contributed by atoms with E-state index in [0.717, 1.165) is 6.07 Å². The Labute approximate surface area is 141 Å². The summed E-state index contributed by atoms with van der Waals surface area (Å²) < 4.78 is 0. The molecule has 10 nitrogen and oxygen atoms in total. The molecule has 0 aliphatic carbocycles. The van der Waals surface area contributed by atoms with Gasteiger partial charge in [0.2, 0.25) is 0 Å². The molecule has 0 bridgehead atoms. The Morgan fingerprint density at radius 3 is 2.72 bits per heavy atom. The molecule has 0 unspecified atom stereocenters. The number of nitro groups is 2. The number of fused-ring (bicyclic) bond motifs is 1. The second kappa shape index (κ2) is 6.40. The molecule has 1 N–H and O–H groups in total. The third-order valence-corrected chi connectivity index (χ3v) is 4.14. The van der Waals surface area contributed by atoms with Crippen LogP contribution < -0.4 is 5.56 Å². The summed E-state index contributed by atoms with van der Waals surface area (Å²) in [6.45, 7) is 2.90. The lowest BCUT2D eigenvalue weighted by Crippen LogP contribution is -2.35. The first kappa shape index (κ1) is 16.7. The van der Waals surface area contributed by atoms with E-state index < -0.39 is 9.85 Å². The molecule has 0 atom stereocenters. The van der Waals surface area contributed by atoms with Gasteiger partial charge in [0.15, 0.2) is 0 Å². The number of benzene rings is 1. The number of H-pyrrole nitrogens is 1. The third kappa shape index (κ3) is 3.38. The first-order chi connectivity index (χ1) is 11.8. The van der Waals surface area contributed by atoms with E-state index in [0.29, 0.717) is 42.2 Å². The molecular weight excluding hydrogens is 330 g/mol. The van der Waals surface area contributed by atoms with Crippen molar-refractivity contribution in [2.24, 2.45) is 0 Å². The van der Waals surface area contributed by atoms with Crippen LogP contribution in [-0.4, -0.2) is 31.3 Å². The molecule has 0 spiro atoms. The van der Waals surface area contributed by atoms with Crippen LogP contribution in [0, 0.1) is 27.2 Å². The van der Waals surface area contributed by atoms with Crippen molar-refractivity contribution in [1.29, 1.82) is 0 Å². The third-order valence-electron chi connectivity index (χ3n) is 4.14. The fourth-order valence-electron chi connectivity index (χ4n) is 2.96. The number of nitro benzene ring substituents is 2. The van der Waals surface area contributed by atoms with E-state index in [1.165, 1.54) is 12.1 Å². The largest absolute Gasteiger partial charge is 0.311 e. The average molecular weight is 345 g/mol. The fraction of sp³-hybridized carbons (Fsp3) is 0.333. The zero-order valence-corrected chi connectivity index (χ0v) is 13.4. The number of aromatic nitrogens is 2. The van der Waals surface area contributed by atoms with E-state index in [1.807, 2.05) is 4.90 Å². The van der Waals surface area contributed by atoms with Crippen LogP contribution in [0.3, 0.4) is 0 Å². The summed E-state index contributed by atoms with van der Waals surface area (Å²) in [5.41, 5.74) is 0.944. The lowest BCUT2D eigenvalue weighted by molar-refractivity contribution is -0.394. The molecule has 1 aliphatic heterocycles. The molecule has 1 aromatic heterocycles. The van der Waals surface area contributed by atoms with Crippen LogP contribution in [0.4, 0.5) is 11.4 Å². The average Bonchev–Trinajstić information content (AvgIpc) is 2.54. The van der Waals surface area contributed by atoms with Crippen LogP contribution in [0.1, 0.15) is 22.6 Å².